The molecular formula is C26H25NO4. The Morgan fingerprint density at radius 2 is 1.45 bits per heavy atom. The van der Waals surface area contributed by atoms with Gasteiger partial charge in [-0.3, -0.25) is 4.79 Å². The Morgan fingerprint density at radius 1 is 0.871 bits per heavy atom. The van der Waals surface area contributed by atoms with Crippen molar-refractivity contribution in [2.75, 3.05) is 19.7 Å². The first-order valence-corrected chi connectivity index (χ1v) is 10.7. The van der Waals surface area contributed by atoms with Crippen LogP contribution in [0.5, 0.6) is 11.5 Å². The molecule has 0 atom stereocenters. The van der Waals surface area contributed by atoms with Crippen LogP contribution in [0, 0.1) is 5.92 Å². The van der Waals surface area contributed by atoms with Gasteiger partial charge in [0.15, 0.2) is 11.5 Å². The van der Waals surface area contributed by atoms with E-state index in [0.29, 0.717) is 30.2 Å². The van der Waals surface area contributed by atoms with E-state index < -0.39 is 5.79 Å². The van der Waals surface area contributed by atoms with Gasteiger partial charge in [0, 0.05) is 36.4 Å². The zero-order valence-corrected chi connectivity index (χ0v) is 17.2. The van der Waals surface area contributed by atoms with Crippen molar-refractivity contribution in [2.45, 2.75) is 18.6 Å². The topological polar surface area (TPSA) is 59.0 Å². The third-order valence-electron chi connectivity index (χ3n) is 6.17. The van der Waals surface area contributed by atoms with E-state index >= 15 is 0 Å². The number of benzene rings is 3. The van der Waals surface area contributed by atoms with Gasteiger partial charge in [-0.15, -0.1) is 0 Å². The van der Waals surface area contributed by atoms with Crippen molar-refractivity contribution in [2.24, 2.45) is 5.92 Å². The lowest BCUT2D eigenvalue weighted by atomic mass is 9.97. The van der Waals surface area contributed by atoms with Crippen LogP contribution in [0.15, 0.2) is 78.9 Å². The number of ether oxygens (including phenoxy) is 2. The van der Waals surface area contributed by atoms with Crippen molar-refractivity contribution < 1.29 is 19.4 Å². The van der Waals surface area contributed by atoms with E-state index in [-0.39, 0.29) is 18.4 Å². The molecule has 0 aromatic heterocycles. The maximum absolute atomic E-state index is 13.1. The summed E-state index contributed by atoms with van der Waals surface area (Å²) >= 11 is 0. The number of hydrogen-bond donors (Lipinski definition) is 1. The van der Waals surface area contributed by atoms with Crippen molar-refractivity contribution in [3.05, 3.63) is 95.6 Å². The second kappa shape index (κ2) is 8.08. The normalized spacial score (nSPS) is 17.5. The Hall–Kier alpha value is -3.31. The average molecular weight is 415 g/mol. The summed E-state index contributed by atoms with van der Waals surface area (Å²) in [6, 6.07) is 25.1. The molecule has 0 spiro atoms. The van der Waals surface area contributed by atoms with Gasteiger partial charge in [0.05, 0.1) is 0 Å². The number of fused-ring (bicyclic) bond motifs is 1. The predicted molar refractivity (Wildman–Crippen MR) is 117 cm³/mol. The smallest absolute Gasteiger partial charge is 0.305 e. The summed E-state index contributed by atoms with van der Waals surface area (Å²) in [6.07, 6.45) is 1.66. The number of carbonyl (C=O) groups is 1. The van der Waals surface area contributed by atoms with Gasteiger partial charge in [-0.25, -0.2) is 0 Å². The highest BCUT2D eigenvalue weighted by Crippen LogP contribution is 2.48. The summed E-state index contributed by atoms with van der Waals surface area (Å²) in [6.45, 7) is 1.51. The highest BCUT2D eigenvalue weighted by Gasteiger charge is 2.45. The lowest BCUT2D eigenvalue weighted by Crippen LogP contribution is -2.39. The number of carbonyl (C=O) groups excluding carboxylic acids is 1. The Morgan fingerprint density at radius 3 is 2.03 bits per heavy atom. The Labute approximate surface area is 181 Å². The van der Waals surface area contributed by atoms with Gasteiger partial charge in [0.25, 0.3) is 5.91 Å². The van der Waals surface area contributed by atoms with Gasteiger partial charge in [0.2, 0.25) is 0 Å². The van der Waals surface area contributed by atoms with Crippen LogP contribution in [0.2, 0.25) is 0 Å². The Kier molecular flexibility index (Phi) is 5.12. The molecule has 5 nitrogen and oxygen atoms in total. The molecule has 0 aliphatic carbocycles. The van der Waals surface area contributed by atoms with Gasteiger partial charge in [-0.05, 0) is 37.0 Å². The van der Waals surface area contributed by atoms with E-state index in [1.165, 1.54) is 0 Å². The van der Waals surface area contributed by atoms with Gasteiger partial charge in [0.1, 0.15) is 0 Å². The molecule has 31 heavy (non-hydrogen) atoms. The first-order chi connectivity index (χ1) is 15.2. The summed E-state index contributed by atoms with van der Waals surface area (Å²) in [4.78, 5) is 14.9. The van der Waals surface area contributed by atoms with Crippen molar-refractivity contribution in [3.8, 4) is 11.5 Å². The predicted octanol–water partition coefficient (Wildman–Crippen LogP) is 4.20. The van der Waals surface area contributed by atoms with Crippen LogP contribution in [-0.2, 0) is 5.79 Å². The minimum absolute atomic E-state index is 0.0142. The number of piperidine rings is 1. The Balaban J connectivity index is 1.45. The highest BCUT2D eigenvalue weighted by atomic mass is 16.7. The molecule has 1 fully saturated rings. The van der Waals surface area contributed by atoms with Crippen molar-refractivity contribution in [1.82, 2.24) is 4.90 Å². The summed E-state index contributed by atoms with van der Waals surface area (Å²) < 4.78 is 12.9. The van der Waals surface area contributed by atoms with Gasteiger partial charge >= 0.3 is 5.79 Å². The van der Waals surface area contributed by atoms with E-state index in [4.69, 9.17) is 9.47 Å². The van der Waals surface area contributed by atoms with Crippen LogP contribution in [0.3, 0.4) is 0 Å². The van der Waals surface area contributed by atoms with E-state index in [1.807, 2.05) is 71.6 Å². The van der Waals surface area contributed by atoms with Crippen LogP contribution in [0.1, 0.15) is 34.3 Å². The van der Waals surface area contributed by atoms with E-state index in [2.05, 4.69) is 0 Å². The van der Waals surface area contributed by atoms with Crippen molar-refractivity contribution in [1.29, 1.82) is 0 Å². The average Bonchev–Trinajstić information content (AvgIpc) is 3.25. The maximum Gasteiger partial charge on any atom is 0.305 e. The monoisotopic (exact) mass is 415 g/mol. The number of rotatable bonds is 4. The fourth-order valence-electron chi connectivity index (χ4n) is 4.35. The molecule has 5 rings (SSSR count). The summed E-state index contributed by atoms with van der Waals surface area (Å²) in [5.41, 5.74) is 2.36. The molecule has 2 heterocycles. The molecule has 1 amide bonds. The van der Waals surface area contributed by atoms with Crippen LogP contribution in [0.4, 0.5) is 0 Å². The summed E-state index contributed by atoms with van der Waals surface area (Å²) in [5.74, 6) is 0.358. The van der Waals surface area contributed by atoms with Crippen LogP contribution >= 0.6 is 0 Å². The Bertz CT molecular complexity index is 1020. The second-order valence-electron chi connectivity index (χ2n) is 8.13. The number of hydrogen-bond acceptors (Lipinski definition) is 4. The lowest BCUT2D eigenvalue weighted by molar-refractivity contribution is -0.0459. The van der Waals surface area contributed by atoms with Gasteiger partial charge < -0.3 is 19.5 Å². The fraction of sp³-hybridized carbons (Fsp3) is 0.269. The van der Waals surface area contributed by atoms with E-state index in [9.17, 15) is 9.90 Å². The molecule has 2 aliphatic rings. The number of likely N-dealkylation sites (tertiary alicyclic amines) is 1. The highest BCUT2D eigenvalue weighted by molar-refractivity contribution is 5.95. The van der Waals surface area contributed by atoms with Gasteiger partial charge in [-0.1, -0.05) is 60.7 Å². The molecule has 5 heteroatoms. The van der Waals surface area contributed by atoms with E-state index in [1.54, 1.807) is 12.1 Å². The molecule has 0 unspecified atom stereocenters. The quantitative estimate of drug-likeness (QED) is 0.694. The van der Waals surface area contributed by atoms with Crippen LogP contribution < -0.4 is 9.47 Å². The van der Waals surface area contributed by atoms with Gasteiger partial charge in [-0.2, -0.15) is 0 Å². The first kappa shape index (κ1) is 19.6. The zero-order valence-electron chi connectivity index (χ0n) is 17.2. The largest absolute Gasteiger partial charge is 0.440 e. The number of amides is 1. The first-order valence-electron chi connectivity index (χ1n) is 10.7. The zero-order chi connectivity index (χ0) is 21.3. The molecule has 1 N–H and O–H groups in total. The molecule has 158 valence electrons. The van der Waals surface area contributed by atoms with Crippen LogP contribution in [0.25, 0.3) is 0 Å². The third-order valence-corrected chi connectivity index (χ3v) is 6.17. The minimum atomic E-state index is -1.09. The molecular weight excluding hydrogens is 390 g/mol. The number of aliphatic hydroxyl groups is 1. The summed E-state index contributed by atoms with van der Waals surface area (Å²) in [7, 11) is 0. The van der Waals surface area contributed by atoms with Crippen molar-refractivity contribution in [3.63, 3.8) is 0 Å². The molecule has 1 saturated heterocycles. The molecule has 2 aliphatic heterocycles. The number of nitrogens with zero attached hydrogens (tertiary/aromatic N) is 1. The fourth-order valence-corrected chi connectivity index (χ4v) is 4.35. The molecule has 3 aromatic rings. The lowest BCUT2D eigenvalue weighted by Gasteiger charge is -2.31. The van der Waals surface area contributed by atoms with Crippen molar-refractivity contribution >= 4 is 5.91 Å². The maximum atomic E-state index is 13.1. The molecule has 0 saturated carbocycles. The standard InChI is InChI=1S/C26H25NO4/c28-18-19-13-15-27(16-14-19)25(29)20-11-12-23-24(17-20)31-26(30-23,21-7-3-1-4-8-21)22-9-5-2-6-10-22/h1-12,17,19,28H,13-16,18H2. The summed E-state index contributed by atoms with van der Waals surface area (Å²) in [5, 5.41) is 9.34. The molecule has 0 radical (unpaired) electrons. The number of aliphatic hydroxyl groups excluding tert-OH is 1. The third kappa shape index (κ3) is 3.55. The molecule has 0 bridgehead atoms. The molecule has 3 aromatic carbocycles. The minimum Gasteiger partial charge on any atom is -0.440 e. The van der Waals surface area contributed by atoms with E-state index in [0.717, 1.165) is 24.0 Å². The SMILES string of the molecule is O=C(c1ccc2c(c1)OC(c1ccccc1)(c1ccccc1)O2)N1CCC(CO)CC1. The van der Waals surface area contributed by atoms with Crippen LogP contribution in [-0.4, -0.2) is 35.6 Å². The second-order valence-corrected chi connectivity index (χ2v) is 8.13.